The van der Waals surface area contributed by atoms with Crippen LogP contribution in [0.25, 0.3) is 15.9 Å². The van der Waals surface area contributed by atoms with Gasteiger partial charge in [-0.1, -0.05) is 0 Å². The molecule has 33 heavy (non-hydrogen) atoms. The van der Waals surface area contributed by atoms with Gasteiger partial charge in [-0.2, -0.15) is 5.10 Å². The van der Waals surface area contributed by atoms with Crippen LogP contribution in [-0.4, -0.2) is 56.1 Å². The van der Waals surface area contributed by atoms with E-state index in [2.05, 4.69) is 16.8 Å². The Morgan fingerprint density at radius 3 is 2.94 bits per heavy atom. The van der Waals surface area contributed by atoms with E-state index in [1.807, 2.05) is 45.4 Å². The lowest BCUT2D eigenvalue weighted by atomic mass is 9.98. The maximum atomic E-state index is 13.5. The second-order valence-electron chi connectivity index (χ2n) is 9.16. The van der Waals surface area contributed by atoms with Crippen molar-refractivity contribution >= 4 is 38.9 Å². The number of carbonyl (C=O) groups excluding carboxylic acids is 1. The minimum Gasteiger partial charge on any atom is -0.355 e. The summed E-state index contributed by atoms with van der Waals surface area (Å²) in [5.41, 5.74) is 12.4. The van der Waals surface area contributed by atoms with Gasteiger partial charge >= 0.3 is 0 Å². The number of aryl methyl sites for hydroxylation is 1. The molecule has 3 aromatic heterocycles. The third kappa shape index (κ3) is 3.65. The fraction of sp³-hybridized carbons (Fsp3) is 0.417. The van der Waals surface area contributed by atoms with Crippen LogP contribution in [0, 0.1) is 6.92 Å². The Morgan fingerprint density at radius 1 is 1.18 bits per heavy atom. The van der Waals surface area contributed by atoms with Crippen LogP contribution in [0.4, 0.5) is 5.82 Å². The fourth-order valence-electron chi connectivity index (χ4n) is 5.12. The highest BCUT2D eigenvalue weighted by Gasteiger charge is 2.31. The Morgan fingerprint density at radius 2 is 2.09 bits per heavy atom. The lowest BCUT2D eigenvalue weighted by molar-refractivity contribution is 0.0606. The predicted molar refractivity (Wildman–Crippen MR) is 130 cm³/mol. The Kier molecular flexibility index (Phi) is 5.03. The number of likely N-dealkylation sites (tertiary alicyclic amines) is 1. The van der Waals surface area contributed by atoms with E-state index in [1.54, 1.807) is 11.3 Å². The van der Waals surface area contributed by atoms with Crippen molar-refractivity contribution in [1.82, 2.24) is 24.5 Å². The number of benzene rings is 1. The van der Waals surface area contributed by atoms with Crippen LogP contribution in [0.3, 0.4) is 0 Å². The molecule has 4 aromatic rings. The number of amides is 1. The number of nitrogens with zero attached hydrogens (tertiary/aromatic N) is 6. The van der Waals surface area contributed by atoms with Crippen LogP contribution >= 0.6 is 11.3 Å². The van der Waals surface area contributed by atoms with E-state index in [9.17, 15) is 4.79 Å². The zero-order chi connectivity index (χ0) is 22.5. The molecule has 1 aromatic carbocycles. The van der Waals surface area contributed by atoms with E-state index in [4.69, 9.17) is 15.8 Å². The van der Waals surface area contributed by atoms with Gasteiger partial charge in [-0.15, -0.1) is 11.3 Å². The molecule has 0 saturated carbocycles. The third-order valence-corrected chi connectivity index (χ3v) is 7.62. The molecule has 2 saturated heterocycles. The minimum absolute atomic E-state index is 0.0472. The van der Waals surface area contributed by atoms with Gasteiger partial charge in [-0.05, 0) is 50.8 Å². The molecule has 2 atom stereocenters. The van der Waals surface area contributed by atoms with Gasteiger partial charge in [0.25, 0.3) is 5.91 Å². The molecule has 0 unspecified atom stereocenters. The molecule has 170 valence electrons. The van der Waals surface area contributed by atoms with Crippen molar-refractivity contribution in [2.45, 2.75) is 44.7 Å². The zero-order valence-electron chi connectivity index (χ0n) is 18.6. The van der Waals surface area contributed by atoms with E-state index in [-0.39, 0.29) is 18.0 Å². The van der Waals surface area contributed by atoms with Gasteiger partial charge in [-0.25, -0.2) is 14.5 Å². The Bertz CT molecular complexity index is 1350. The first kappa shape index (κ1) is 20.6. The monoisotopic (exact) mass is 461 g/mol. The molecule has 0 aliphatic carbocycles. The molecular formula is C24H27N7OS. The molecule has 8 nitrogen and oxygen atoms in total. The maximum absolute atomic E-state index is 13.5. The molecule has 1 amide bonds. The predicted octanol–water partition coefficient (Wildman–Crippen LogP) is 3.55. The summed E-state index contributed by atoms with van der Waals surface area (Å²) in [7, 11) is 0. The number of piperidine rings is 1. The number of hydrogen-bond acceptors (Lipinski definition) is 7. The third-order valence-electron chi connectivity index (χ3n) is 6.83. The van der Waals surface area contributed by atoms with Gasteiger partial charge in [0, 0.05) is 49.1 Å². The number of anilines is 1. The highest BCUT2D eigenvalue weighted by atomic mass is 32.1. The van der Waals surface area contributed by atoms with E-state index < -0.39 is 0 Å². The molecule has 9 heteroatoms. The largest absolute Gasteiger partial charge is 0.355 e. The number of aromatic nitrogens is 4. The summed E-state index contributed by atoms with van der Waals surface area (Å²) in [5.74, 6) is 1.04. The molecule has 5 heterocycles. The Balaban J connectivity index is 1.33. The number of carbonyl (C=O) groups is 1. The maximum Gasteiger partial charge on any atom is 0.254 e. The standard InChI is InChI=1S/C24H27N7OS/c1-15-12-31-22(27-23(15)29-9-7-17(25)13-29)11-19(28-31)20-4-2-3-8-30(20)24(32)16-5-6-18-21(10-16)33-14-26-18/h5-6,10-12,14,17,20H,2-4,7-9,13,25H2,1H3/t17-,20-/m0/s1. The number of nitrogens with two attached hydrogens (primary N) is 1. The molecule has 2 aliphatic rings. The lowest BCUT2D eigenvalue weighted by Crippen LogP contribution is -2.38. The van der Waals surface area contributed by atoms with Crippen molar-refractivity contribution in [2.75, 3.05) is 24.5 Å². The first-order valence-corrected chi connectivity index (χ1v) is 12.5. The van der Waals surface area contributed by atoms with Crippen LogP contribution in [0.15, 0.2) is 36.0 Å². The zero-order valence-corrected chi connectivity index (χ0v) is 19.5. The highest BCUT2D eigenvalue weighted by molar-refractivity contribution is 7.16. The highest BCUT2D eigenvalue weighted by Crippen LogP contribution is 2.33. The number of thiazole rings is 1. The molecule has 2 fully saturated rings. The quantitative estimate of drug-likeness (QED) is 0.502. The van der Waals surface area contributed by atoms with Crippen molar-refractivity contribution in [2.24, 2.45) is 5.73 Å². The topological polar surface area (TPSA) is 92.6 Å². The van der Waals surface area contributed by atoms with Crippen molar-refractivity contribution in [3.05, 3.63) is 52.8 Å². The Hall–Kier alpha value is -3.04. The van der Waals surface area contributed by atoms with Crippen LogP contribution in [0.2, 0.25) is 0 Å². The smallest absolute Gasteiger partial charge is 0.254 e. The van der Waals surface area contributed by atoms with Gasteiger partial charge in [0.2, 0.25) is 0 Å². The average Bonchev–Trinajstić information content (AvgIpc) is 3.56. The number of fused-ring (bicyclic) bond motifs is 2. The summed E-state index contributed by atoms with van der Waals surface area (Å²) < 4.78 is 2.89. The summed E-state index contributed by atoms with van der Waals surface area (Å²) in [5, 5.41) is 4.86. The SMILES string of the molecule is Cc1cn2nc([C@@H]3CCCCN3C(=O)c3ccc4ncsc4c3)cc2nc1N1CC[C@H](N)C1. The number of rotatable bonds is 3. The summed E-state index contributed by atoms with van der Waals surface area (Å²) in [6.07, 6.45) is 6.03. The van der Waals surface area contributed by atoms with Crippen molar-refractivity contribution in [1.29, 1.82) is 0 Å². The molecular weight excluding hydrogens is 434 g/mol. The fourth-order valence-corrected chi connectivity index (χ4v) is 5.83. The van der Waals surface area contributed by atoms with E-state index in [1.165, 1.54) is 0 Å². The van der Waals surface area contributed by atoms with Crippen LogP contribution < -0.4 is 10.6 Å². The van der Waals surface area contributed by atoms with Gasteiger partial charge in [0.05, 0.1) is 27.5 Å². The Labute approximate surface area is 196 Å². The minimum atomic E-state index is -0.0472. The average molecular weight is 462 g/mol. The molecule has 6 rings (SSSR count). The van der Waals surface area contributed by atoms with Crippen molar-refractivity contribution in [3.63, 3.8) is 0 Å². The summed E-state index contributed by atoms with van der Waals surface area (Å²) in [6, 6.07) is 7.98. The van der Waals surface area contributed by atoms with Crippen molar-refractivity contribution in [3.8, 4) is 0 Å². The second kappa shape index (κ2) is 8.07. The van der Waals surface area contributed by atoms with Crippen LogP contribution in [0.1, 0.15) is 53.3 Å². The summed E-state index contributed by atoms with van der Waals surface area (Å²) >= 11 is 1.56. The van der Waals surface area contributed by atoms with Gasteiger partial charge in [-0.3, -0.25) is 4.79 Å². The van der Waals surface area contributed by atoms with E-state index >= 15 is 0 Å². The van der Waals surface area contributed by atoms with Crippen LogP contribution in [-0.2, 0) is 0 Å². The van der Waals surface area contributed by atoms with Gasteiger partial charge < -0.3 is 15.5 Å². The molecule has 0 radical (unpaired) electrons. The van der Waals surface area contributed by atoms with Gasteiger partial charge in [0.1, 0.15) is 5.82 Å². The number of hydrogen-bond donors (Lipinski definition) is 1. The molecule has 0 bridgehead atoms. The normalized spacial score (nSPS) is 21.4. The second-order valence-corrected chi connectivity index (χ2v) is 10.0. The summed E-state index contributed by atoms with van der Waals surface area (Å²) in [6.45, 7) is 4.57. The van der Waals surface area contributed by atoms with E-state index in [0.717, 1.165) is 78.3 Å². The van der Waals surface area contributed by atoms with E-state index in [0.29, 0.717) is 5.56 Å². The van der Waals surface area contributed by atoms with Crippen molar-refractivity contribution < 1.29 is 4.79 Å². The lowest BCUT2D eigenvalue weighted by Gasteiger charge is -2.34. The first-order valence-electron chi connectivity index (χ1n) is 11.6. The molecule has 0 spiro atoms. The molecule has 2 aliphatic heterocycles. The first-order chi connectivity index (χ1) is 16.1. The summed E-state index contributed by atoms with van der Waals surface area (Å²) in [4.78, 5) is 27.0. The van der Waals surface area contributed by atoms with Crippen LogP contribution in [0.5, 0.6) is 0 Å². The molecule has 2 N–H and O–H groups in total. The van der Waals surface area contributed by atoms with Gasteiger partial charge in [0.15, 0.2) is 5.65 Å².